The third-order valence-electron chi connectivity index (χ3n) is 4.85. The first-order valence-electron chi connectivity index (χ1n) is 10.2. The number of anilines is 1. The van der Waals surface area contributed by atoms with E-state index >= 15 is 0 Å². The summed E-state index contributed by atoms with van der Waals surface area (Å²) in [7, 11) is -2.90. The second-order valence-electron chi connectivity index (χ2n) is 8.18. The number of esters is 1. The number of ether oxygens (including phenoxy) is 2. The molecule has 0 aliphatic rings. The minimum atomic E-state index is -4.65. The molecule has 1 N–H and O–H groups in total. The van der Waals surface area contributed by atoms with Gasteiger partial charge >= 0.3 is 12.1 Å². The summed E-state index contributed by atoms with van der Waals surface area (Å²) >= 11 is 0. The zero-order chi connectivity index (χ0) is 25.7. The van der Waals surface area contributed by atoms with E-state index in [1.165, 1.54) is 33.1 Å². The second-order valence-corrected chi connectivity index (χ2v) is 9.86. The van der Waals surface area contributed by atoms with E-state index in [1.807, 2.05) is 13.8 Å². The molecule has 0 fully saturated rings. The molecule has 0 heterocycles. The van der Waals surface area contributed by atoms with Gasteiger partial charge in [-0.2, -0.15) is 13.2 Å². The Balaban J connectivity index is 2.36. The van der Waals surface area contributed by atoms with Crippen LogP contribution >= 0.6 is 0 Å². The molecule has 0 unspecified atom stereocenters. The Hall–Kier alpha value is -3.03. The second kappa shape index (κ2) is 10.5. The molecule has 0 atom stereocenters. The van der Waals surface area contributed by atoms with Crippen molar-refractivity contribution >= 4 is 21.7 Å². The van der Waals surface area contributed by atoms with Gasteiger partial charge in [0.2, 0.25) is 0 Å². The van der Waals surface area contributed by atoms with Crippen LogP contribution in [0.5, 0.6) is 0 Å². The van der Waals surface area contributed by atoms with Gasteiger partial charge in [-0.25, -0.2) is 13.2 Å². The highest BCUT2D eigenvalue weighted by molar-refractivity contribution is 7.92. The molecule has 0 aromatic heterocycles. The van der Waals surface area contributed by atoms with Crippen LogP contribution in [0.3, 0.4) is 0 Å². The van der Waals surface area contributed by atoms with Gasteiger partial charge in [-0.15, -0.1) is 0 Å². The Bertz CT molecular complexity index is 1190. The number of sulfonamides is 1. The van der Waals surface area contributed by atoms with E-state index in [4.69, 9.17) is 4.74 Å². The molecule has 0 spiro atoms. The fraction of sp³-hybridized carbons (Fsp3) is 0.375. The maximum atomic E-state index is 13.2. The minimum absolute atomic E-state index is 0.0427. The molecule has 0 aliphatic heterocycles. The van der Waals surface area contributed by atoms with Crippen molar-refractivity contribution in [3.05, 3.63) is 59.2 Å². The molecule has 34 heavy (non-hydrogen) atoms. The number of carbonyl (C=O) groups is 1. The molecule has 2 aromatic carbocycles. The van der Waals surface area contributed by atoms with Gasteiger partial charge in [-0.3, -0.25) is 4.72 Å². The molecule has 0 amide bonds. The summed E-state index contributed by atoms with van der Waals surface area (Å²) in [5.74, 6) is 4.57. The molecular formula is C24H26F3NO5S. The molecule has 2 aromatic rings. The van der Waals surface area contributed by atoms with Gasteiger partial charge in [-0.1, -0.05) is 37.8 Å². The molecule has 184 valence electrons. The molecule has 0 radical (unpaired) electrons. The van der Waals surface area contributed by atoms with Crippen LogP contribution in [0, 0.1) is 11.8 Å². The van der Waals surface area contributed by atoms with E-state index in [9.17, 15) is 26.4 Å². The lowest BCUT2D eigenvalue weighted by Gasteiger charge is -2.20. The molecule has 10 heteroatoms. The fourth-order valence-electron chi connectivity index (χ4n) is 2.80. The Morgan fingerprint density at radius 3 is 2.24 bits per heavy atom. The van der Waals surface area contributed by atoms with Crippen LogP contribution < -0.4 is 4.72 Å². The fourth-order valence-corrected chi connectivity index (χ4v) is 3.88. The Labute approximate surface area is 197 Å². The maximum absolute atomic E-state index is 13.2. The molecule has 0 aliphatic carbocycles. The Morgan fingerprint density at radius 1 is 1.09 bits per heavy atom. The molecule has 0 saturated heterocycles. The summed E-state index contributed by atoms with van der Waals surface area (Å²) in [6.07, 6.45) is -4.65. The standard InChI is InChI=1S/C24H26F3NO5S/c1-16(2)17-8-11-20(12-9-17)34(30,31)28-21-13-10-19(24(25,26)27)15-18(21)7-6-14-33-23(3,4)22(29)32-5/h8-13,15-16,28H,14H2,1-5H3. The number of rotatable bonds is 7. The van der Waals surface area contributed by atoms with Gasteiger partial charge < -0.3 is 9.47 Å². The summed E-state index contributed by atoms with van der Waals surface area (Å²) < 4.78 is 77.5. The lowest BCUT2D eigenvalue weighted by molar-refractivity contribution is -0.163. The monoisotopic (exact) mass is 497 g/mol. The Morgan fingerprint density at radius 2 is 1.71 bits per heavy atom. The van der Waals surface area contributed by atoms with Crippen LogP contribution in [0.15, 0.2) is 47.4 Å². The predicted octanol–water partition coefficient (Wildman–Crippen LogP) is 4.95. The molecule has 2 rings (SSSR count). The predicted molar refractivity (Wildman–Crippen MR) is 122 cm³/mol. The van der Waals surface area contributed by atoms with E-state index in [0.29, 0.717) is 0 Å². The van der Waals surface area contributed by atoms with Crippen molar-refractivity contribution in [1.82, 2.24) is 0 Å². The van der Waals surface area contributed by atoms with Crippen LogP contribution in [-0.4, -0.2) is 33.7 Å². The molecular weight excluding hydrogens is 471 g/mol. The van der Waals surface area contributed by atoms with Gasteiger partial charge in [0.05, 0.1) is 23.3 Å². The third kappa shape index (κ3) is 6.98. The van der Waals surface area contributed by atoms with E-state index < -0.39 is 33.3 Å². The average molecular weight is 498 g/mol. The zero-order valence-corrected chi connectivity index (χ0v) is 20.2. The quantitative estimate of drug-likeness (QED) is 0.433. The van der Waals surface area contributed by atoms with Crippen LogP contribution in [0.4, 0.5) is 18.9 Å². The normalized spacial score (nSPS) is 12.1. The maximum Gasteiger partial charge on any atom is 0.416 e. The minimum Gasteiger partial charge on any atom is -0.467 e. The number of halogens is 3. The number of benzene rings is 2. The van der Waals surface area contributed by atoms with Crippen LogP contribution in [-0.2, 0) is 30.5 Å². The topological polar surface area (TPSA) is 81.7 Å². The molecule has 0 saturated carbocycles. The number of carbonyl (C=O) groups excluding carboxylic acids is 1. The first kappa shape index (κ1) is 27.2. The van der Waals surface area contributed by atoms with Crippen molar-refractivity contribution in [2.75, 3.05) is 18.4 Å². The summed E-state index contributed by atoms with van der Waals surface area (Å²) in [6, 6.07) is 8.72. The summed E-state index contributed by atoms with van der Waals surface area (Å²) in [5.41, 5.74) is -1.69. The molecule has 0 bridgehead atoms. The zero-order valence-electron chi connectivity index (χ0n) is 19.4. The van der Waals surface area contributed by atoms with Gasteiger partial charge in [0, 0.05) is 5.56 Å². The van der Waals surface area contributed by atoms with Crippen molar-refractivity contribution in [2.24, 2.45) is 0 Å². The van der Waals surface area contributed by atoms with Crippen molar-refractivity contribution in [2.45, 2.75) is 50.3 Å². The first-order valence-corrected chi connectivity index (χ1v) is 11.7. The van der Waals surface area contributed by atoms with Crippen molar-refractivity contribution in [1.29, 1.82) is 0 Å². The number of methoxy groups -OCH3 is 1. The smallest absolute Gasteiger partial charge is 0.416 e. The highest BCUT2D eigenvalue weighted by Crippen LogP contribution is 2.32. The van der Waals surface area contributed by atoms with Gasteiger partial charge in [-0.05, 0) is 55.7 Å². The van der Waals surface area contributed by atoms with Crippen molar-refractivity contribution < 1.29 is 35.9 Å². The largest absolute Gasteiger partial charge is 0.467 e. The summed E-state index contributed by atoms with van der Waals surface area (Å²) in [6.45, 7) is 6.53. The van der Waals surface area contributed by atoms with E-state index in [-0.39, 0.29) is 28.7 Å². The summed E-state index contributed by atoms with van der Waals surface area (Å²) in [4.78, 5) is 11.6. The highest BCUT2D eigenvalue weighted by atomic mass is 32.2. The third-order valence-corrected chi connectivity index (χ3v) is 6.23. The van der Waals surface area contributed by atoms with Crippen LogP contribution in [0.2, 0.25) is 0 Å². The van der Waals surface area contributed by atoms with Crippen LogP contribution in [0.1, 0.15) is 50.3 Å². The first-order chi connectivity index (χ1) is 15.7. The SMILES string of the molecule is COC(=O)C(C)(C)OCC#Cc1cc(C(F)(F)F)ccc1NS(=O)(=O)c1ccc(C(C)C)cc1. The highest BCUT2D eigenvalue weighted by Gasteiger charge is 2.31. The van der Waals surface area contributed by atoms with E-state index in [0.717, 1.165) is 23.8 Å². The van der Waals surface area contributed by atoms with Crippen molar-refractivity contribution in [3.8, 4) is 11.8 Å². The van der Waals surface area contributed by atoms with Gasteiger partial charge in [0.15, 0.2) is 5.60 Å². The van der Waals surface area contributed by atoms with Crippen molar-refractivity contribution in [3.63, 3.8) is 0 Å². The average Bonchev–Trinajstić information content (AvgIpc) is 2.76. The van der Waals surface area contributed by atoms with Crippen LogP contribution in [0.25, 0.3) is 0 Å². The molecule has 6 nitrogen and oxygen atoms in total. The lowest BCUT2D eigenvalue weighted by Crippen LogP contribution is -2.36. The van der Waals surface area contributed by atoms with Gasteiger partial charge in [0.25, 0.3) is 10.0 Å². The lowest BCUT2D eigenvalue weighted by atomic mass is 10.0. The number of alkyl halides is 3. The number of hydrogen-bond acceptors (Lipinski definition) is 5. The van der Waals surface area contributed by atoms with Gasteiger partial charge in [0.1, 0.15) is 6.61 Å². The summed E-state index contributed by atoms with van der Waals surface area (Å²) in [5, 5.41) is 0. The number of nitrogens with one attached hydrogen (secondary N) is 1. The van der Waals surface area contributed by atoms with E-state index in [1.54, 1.807) is 12.1 Å². The Kier molecular flexibility index (Phi) is 8.40. The van der Waals surface area contributed by atoms with E-state index in [2.05, 4.69) is 21.3 Å². The number of hydrogen-bond donors (Lipinski definition) is 1.